The van der Waals surface area contributed by atoms with Gasteiger partial charge in [0.2, 0.25) is 5.91 Å². The summed E-state index contributed by atoms with van der Waals surface area (Å²) in [5.41, 5.74) is 4.37. The van der Waals surface area contributed by atoms with E-state index in [-0.39, 0.29) is 24.2 Å². The lowest BCUT2D eigenvalue weighted by Gasteiger charge is -2.25. The highest BCUT2D eigenvalue weighted by atomic mass is 19.1. The summed E-state index contributed by atoms with van der Waals surface area (Å²) in [5.74, 6) is 0.416. The van der Waals surface area contributed by atoms with Crippen molar-refractivity contribution < 1.29 is 13.9 Å². The zero-order valence-electron chi connectivity index (χ0n) is 17.3. The number of hydrogen-bond acceptors (Lipinski definition) is 3. The maximum atomic E-state index is 14.0. The van der Waals surface area contributed by atoms with E-state index in [4.69, 9.17) is 9.72 Å². The first-order chi connectivity index (χ1) is 14.5. The molecule has 2 aromatic carbocycles. The molecule has 0 N–H and O–H groups in total. The van der Waals surface area contributed by atoms with Crippen LogP contribution in [0.1, 0.15) is 35.8 Å². The van der Waals surface area contributed by atoms with Gasteiger partial charge in [0.15, 0.2) is 0 Å². The Morgan fingerprint density at radius 2 is 1.90 bits per heavy atom. The molecule has 0 spiro atoms. The Morgan fingerprint density at radius 1 is 1.13 bits per heavy atom. The van der Waals surface area contributed by atoms with E-state index >= 15 is 0 Å². The number of likely N-dealkylation sites (tertiary alicyclic amines) is 1. The van der Waals surface area contributed by atoms with Crippen molar-refractivity contribution in [2.24, 2.45) is 0 Å². The van der Waals surface area contributed by atoms with E-state index in [1.165, 1.54) is 6.07 Å². The molecule has 0 bridgehead atoms. The molecule has 1 aliphatic rings. The predicted octanol–water partition coefficient (Wildman–Crippen LogP) is 5.11. The van der Waals surface area contributed by atoms with Gasteiger partial charge in [-0.2, -0.15) is 0 Å². The van der Waals surface area contributed by atoms with E-state index < -0.39 is 0 Å². The molecule has 2 heterocycles. The van der Waals surface area contributed by atoms with Gasteiger partial charge in [-0.05, 0) is 66.8 Å². The first-order valence-electron chi connectivity index (χ1n) is 10.2. The summed E-state index contributed by atoms with van der Waals surface area (Å²) in [6.07, 6.45) is 1.85. The first kappa shape index (κ1) is 20.1. The number of methoxy groups -OCH3 is 1. The fourth-order valence-electron chi connectivity index (χ4n) is 4.09. The van der Waals surface area contributed by atoms with Crippen molar-refractivity contribution in [1.82, 2.24) is 9.88 Å². The number of halogens is 1. The number of pyridine rings is 1. The number of nitrogens with zero attached hydrogens (tertiary/aromatic N) is 2. The third-order valence-electron chi connectivity index (χ3n) is 5.61. The highest BCUT2D eigenvalue weighted by Crippen LogP contribution is 2.34. The van der Waals surface area contributed by atoms with Crippen LogP contribution in [0.3, 0.4) is 0 Å². The number of ether oxygens (including phenoxy) is 1. The van der Waals surface area contributed by atoms with Crippen molar-refractivity contribution in [3.05, 3.63) is 83.4 Å². The second kappa shape index (κ2) is 8.66. The topological polar surface area (TPSA) is 42.4 Å². The van der Waals surface area contributed by atoms with Crippen LogP contribution in [0.2, 0.25) is 0 Å². The molecule has 5 heteroatoms. The van der Waals surface area contributed by atoms with Crippen molar-refractivity contribution in [3.8, 4) is 16.9 Å². The Hall–Kier alpha value is -3.21. The largest absolute Gasteiger partial charge is 0.497 e. The van der Waals surface area contributed by atoms with Crippen molar-refractivity contribution in [3.63, 3.8) is 0 Å². The molecular weight excluding hydrogens is 379 g/mol. The van der Waals surface area contributed by atoms with Gasteiger partial charge in [-0.1, -0.05) is 30.3 Å². The standard InChI is InChI=1S/C25H25FN2O2/c1-17-14-20(18-9-11-21(30-2)12-10-18)15-23(27-17)24-8-5-13-28(24)25(29)16-19-6-3-4-7-22(19)26/h3-4,6-7,9-12,14-15,24H,5,8,13,16H2,1-2H3/t24-/m1/s1. The zero-order valence-corrected chi connectivity index (χ0v) is 17.3. The van der Waals surface area contributed by atoms with Crippen LogP contribution < -0.4 is 4.74 Å². The smallest absolute Gasteiger partial charge is 0.227 e. The molecule has 154 valence electrons. The van der Waals surface area contributed by atoms with E-state index in [0.29, 0.717) is 12.1 Å². The lowest BCUT2D eigenvalue weighted by molar-refractivity contribution is -0.131. The average molecular weight is 404 g/mol. The molecular formula is C25H25FN2O2. The highest BCUT2D eigenvalue weighted by Gasteiger charge is 2.31. The summed E-state index contributed by atoms with van der Waals surface area (Å²) in [7, 11) is 1.65. The van der Waals surface area contributed by atoms with Gasteiger partial charge in [0.1, 0.15) is 11.6 Å². The molecule has 1 amide bonds. The lowest BCUT2D eigenvalue weighted by Crippen LogP contribution is -2.32. The molecule has 1 aromatic heterocycles. The van der Waals surface area contributed by atoms with Gasteiger partial charge in [0, 0.05) is 12.2 Å². The summed E-state index contributed by atoms with van der Waals surface area (Å²) in [4.78, 5) is 19.6. The van der Waals surface area contributed by atoms with Crippen molar-refractivity contribution >= 4 is 5.91 Å². The quantitative estimate of drug-likeness (QED) is 0.593. The van der Waals surface area contributed by atoms with Gasteiger partial charge in [-0.15, -0.1) is 0 Å². The number of aromatic nitrogens is 1. The van der Waals surface area contributed by atoms with Gasteiger partial charge in [-0.3, -0.25) is 9.78 Å². The van der Waals surface area contributed by atoms with Gasteiger partial charge in [0.05, 0.1) is 25.3 Å². The third-order valence-corrected chi connectivity index (χ3v) is 5.61. The fraction of sp³-hybridized carbons (Fsp3) is 0.280. The summed E-state index contributed by atoms with van der Waals surface area (Å²) in [6.45, 7) is 2.64. The van der Waals surface area contributed by atoms with Crippen molar-refractivity contribution in [1.29, 1.82) is 0 Å². The van der Waals surface area contributed by atoms with Crippen molar-refractivity contribution in [2.75, 3.05) is 13.7 Å². The van der Waals surface area contributed by atoms with Crippen LogP contribution in [0, 0.1) is 12.7 Å². The van der Waals surface area contributed by atoms with E-state index in [0.717, 1.165) is 41.1 Å². The molecule has 0 saturated carbocycles. The molecule has 4 nitrogen and oxygen atoms in total. The molecule has 1 saturated heterocycles. The van der Waals surface area contributed by atoms with E-state index in [2.05, 4.69) is 6.07 Å². The molecule has 1 fully saturated rings. The van der Waals surface area contributed by atoms with Crippen LogP contribution in [0.15, 0.2) is 60.7 Å². The number of aryl methyl sites for hydroxylation is 1. The normalized spacial score (nSPS) is 16.0. The number of hydrogen-bond donors (Lipinski definition) is 0. The van der Waals surface area contributed by atoms with Gasteiger partial charge < -0.3 is 9.64 Å². The first-order valence-corrected chi connectivity index (χ1v) is 10.2. The monoisotopic (exact) mass is 404 g/mol. The summed E-state index contributed by atoms with van der Waals surface area (Å²) < 4.78 is 19.3. The summed E-state index contributed by atoms with van der Waals surface area (Å²) >= 11 is 0. The van der Waals surface area contributed by atoms with E-state index in [9.17, 15) is 9.18 Å². The van der Waals surface area contributed by atoms with Crippen LogP contribution in [0.5, 0.6) is 5.75 Å². The Labute approximate surface area is 176 Å². The average Bonchev–Trinajstić information content (AvgIpc) is 3.25. The van der Waals surface area contributed by atoms with Crippen molar-refractivity contribution in [2.45, 2.75) is 32.2 Å². The van der Waals surface area contributed by atoms with Crippen LogP contribution in [0.25, 0.3) is 11.1 Å². The number of benzene rings is 2. The minimum Gasteiger partial charge on any atom is -0.497 e. The van der Waals surface area contributed by atoms with Crippen LogP contribution in [-0.4, -0.2) is 29.4 Å². The van der Waals surface area contributed by atoms with Crippen LogP contribution >= 0.6 is 0 Å². The Kier molecular flexibility index (Phi) is 5.79. The molecule has 1 atom stereocenters. The van der Waals surface area contributed by atoms with Gasteiger partial charge in [0.25, 0.3) is 0 Å². The molecule has 4 rings (SSSR count). The Bertz CT molecular complexity index is 1050. The molecule has 30 heavy (non-hydrogen) atoms. The molecule has 0 aliphatic carbocycles. The molecule has 0 unspecified atom stereocenters. The maximum Gasteiger partial charge on any atom is 0.227 e. The summed E-state index contributed by atoms with van der Waals surface area (Å²) in [6, 6.07) is 18.4. The number of rotatable bonds is 5. The number of carbonyl (C=O) groups is 1. The number of carbonyl (C=O) groups excluding carboxylic acids is 1. The van der Waals surface area contributed by atoms with E-state index in [1.807, 2.05) is 42.2 Å². The Morgan fingerprint density at radius 3 is 2.63 bits per heavy atom. The molecule has 1 aliphatic heterocycles. The van der Waals surface area contributed by atoms with Crippen LogP contribution in [0.4, 0.5) is 4.39 Å². The number of amides is 1. The maximum absolute atomic E-state index is 14.0. The highest BCUT2D eigenvalue weighted by molar-refractivity contribution is 5.79. The van der Waals surface area contributed by atoms with Gasteiger partial charge in [-0.25, -0.2) is 4.39 Å². The second-order valence-corrected chi connectivity index (χ2v) is 7.66. The zero-order chi connectivity index (χ0) is 21.1. The third kappa shape index (κ3) is 4.20. The Balaban J connectivity index is 1.59. The lowest BCUT2D eigenvalue weighted by atomic mass is 10.0. The second-order valence-electron chi connectivity index (χ2n) is 7.66. The van der Waals surface area contributed by atoms with Gasteiger partial charge >= 0.3 is 0 Å². The minimum atomic E-state index is -0.336. The fourth-order valence-corrected chi connectivity index (χ4v) is 4.09. The predicted molar refractivity (Wildman–Crippen MR) is 115 cm³/mol. The van der Waals surface area contributed by atoms with Crippen LogP contribution in [-0.2, 0) is 11.2 Å². The molecule has 3 aromatic rings. The SMILES string of the molecule is COc1ccc(-c2cc(C)nc([C@H]3CCCN3C(=O)Cc3ccccc3F)c2)cc1. The summed E-state index contributed by atoms with van der Waals surface area (Å²) in [5, 5.41) is 0. The van der Waals surface area contributed by atoms with E-state index in [1.54, 1.807) is 25.3 Å². The minimum absolute atomic E-state index is 0.0584. The molecule has 0 radical (unpaired) electrons.